The van der Waals surface area contributed by atoms with Crippen LogP contribution in [0, 0.1) is 6.92 Å². The van der Waals surface area contributed by atoms with Gasteiger partial charge in [-0.2, -0.15) is 0 Å². The molecule has 7 heteroatoms. The van der Waals surface area contributed by atoms with Crippen LogP contribution in [0.4, 0.5) is 0 Å². The van der Waals surface area contributed by atoms with E-state index in [-0.39, 0.29) is 6.04 Å². The van der Waals surface area contributed by atoms with Crippen molar-refractivity contribution in [2.24, 2.45) is 0 Å². The third-order valence-electron chi connectivity index (χ3n) is 3.46. The lowest BCUT2D eigenvalue weighted by molar-refractivity contribution is 0.293. The molecule has 0 saturated carbocycles. The van der Waals surface area contributed by atoms with E-state index in [2.05, 4.69) is 39.4 Å². The summed E-state index contributed by atoms with van der Waals surface area (Å²) < 4.78 is 28.6. The van der Waals surface area contributed by atoms with Gasteiger partial charge in [0.05, 0.1) is 3.79 Å². The summed E-state index contributed by atoms with van der Waals surface area (Å²) in [5.74, 6) is 0. The predicted octanol–water partition coefficient (Wildman–Crippen LogP) is 3.61. The van der Waals surface area contributed by atoms with Crippen LogP contribution in [0.3, 0.4) is 0 Å². The summed E-state index contributed by atoms with van der Waals surface area (Å²) in [5.41, 5.74) is 0.953. The maximum absolute atomic E-state index is 12.3. The van der Waals surface area contributed by atoms with Gasteiger partial charge < -0.3 is 4.90 Å². The van der Waals surface area contributed by atoms with Gasteiger partial charge in [-0.05, 0) is 73.9 Å². The number of hydrogen-bond acceptors (Lipinski definition) is 4. The number of halogens is 1. The highest BCUT2D eigenvalue weighted by molar-refractivity contribution is 9.11. The van der Waals surface area contributed by atoms with Gasteiger partial charge in [0.25, 0.3) is 0 Å². The molecule has 1 aromatic rings. The van der Waals surface area contributed by atoms with Gasteiger partial charge >= 0.3 is 0 Å². The maximum Gasteiger partial charge on any atom is 0.250 e. The van der Waals surface area contributed by atoms with Crippen molar-refractivity contribution in [1.82, 2.24) is 9.62 Å². The Bertz CT molecular complexity index is 520. The van der Waals surface area contributed by atoms with E-state index < -0.39 is 10.0 Å². The van der Waals surface area contributed by atoms with Gasteiger partial charge in [-0.1, -0.05) is 13.8 Å². The first-order valence-electron chi connectivity index (χ1n) is 7.30. The fourth-order valence-electron chi connectivity index (χ4n) is 2.11. The first-order chi connectivity index (χ1) is 9.80. The van der Waals surface area contributed by atoms with Crippen molar-refractivity contribution in [2.75, 3.05) is 19.6 Å². The Labute approximate surface area is 141 Å². The molecule has 0 aliphatic heterocycles. The highest BCUT2D eigenvalue weighted by Gasteiger charge is 2.20. The van der Waals surface area contributed by atoms with Gasteiger partial charge in [0.2, 0.25) is 10.0 Å². The third-order valence-corrected chi connectivity index (χ3v) is 7.66. The Hall–Kier alpha value is 0.0500. The molecule has 1 heterocycles. The van der Waals surface area contributed by atoms with Crippen molar-refractivity contribution in [1.29, 1.82) is 0 Å². The predicted molar refractivity (Wildman–Crippen MR) is 93.6 cm³/mol. The summed E-state index contributed by atoms with van der Waals surface area (Å²) in [6.45, 7) is 11.2. The summed E-state index contributed by atoms with van der Waals surface area (Å²) in [6, 6.07) is 1.66. The SMILES string of the molecule is CCN(CC)CCCC(C)NS(=O)(=O)c1cc(C)c(Br)s1. The molecule has 4 nitrogen and oxygen atoms in total. The zero-order valence-electron chi connectivity index (χ0n) is 13.1. The van der Waals surface area contributed by atoms with Gasteiger partial charge in [0.15, 0.2) is 0 Å². The quantitative estimate of drug-likeness (QED) is 0.693. The van der Waals surface area contributed by atoms with Crippen molar-refractivity contribution in [3.63, 3.8) is 0 Å². The lowest BCUT2D eigenvalue weighted by Gasteiger charge is -2.19. The normalized spacial score (nSPS) is 13.8. The number of hydrogen-bond donors (Lipinski definition) is 1. The van der Waals surface area contributed by atoms with Gasteiger partial charge in [-0.25, -0.2) is 13.1 Å². The van der Waals surface area contributed by atoms with E-state index in [9.17, 15) is 8.42 Å². The van der Waals surface area contributed by atoms with Crippen LogP contribution in [-0.4, -0.2) is 39.0 Å². The van der Waals surface area contributed by atoms with Crippen LogP contribution in [0.25, 0.3) is 0 Å². The van der Waals surface area contributed by atoms with Crippen LogP contribution in [0.15, 0.2) is 14.1 Å². The molecule has 1 unspecified atom stereocenters. The van der Waals surface area contributed by atoms with Gasteiger partial charge in [0.1, 0.15) is 4.21 Å². The number of aryl methyl sites for hydroxylation is 1. The average Bonchev–Trinajstić information content (AvgIpc) is 2.75. The fraction of sp³-hybridized carbons (Fsp3) is 0.714. The standard InChI is InChI=1S/C14H25BrN2O2S2/c1-5-17(6-2)9-7-8-12(4)16-21(18,19)13-10-11(3)14(15)20-13/h10,12,16H,5-9H2,1-4H3. The van der Waals surface area contributed by atoms with Gasteiger partial charge in [-0.3, -0.25) is 0 Å². The van der Waals surface area contributed by atoms with Crippen LogP contribution in [-0.2, 0) is 10.0 Å². The highest BCUT2D eigenvalue weighted by Crippen LogP contribution is 2.30. The molecule has 0 aromatic carbocycles. The Morgan fingerprint density at radius 2 is 2.00 bits per heavy atom. The molecule has 0 radical (unpaired) electrons. The Balaban J connectivity index is 2.51. The molecule has 21 heavy (non-hydrogen) atoms. The Kier molecular flexibility index (Phi) is 7.84. The van der Waals surface area contributed by atoms with E-state index in [1.165, 1.54) is 11.3 Å². The summed E-state index contributed by atoms with van der Waals surface area (Å²) in [5, 5.41) is 0. The fourth-order valence-corrected chi connectivity index (χ4v) is 5.63. The third kappa shape index (κ3) is 5.98. The van der Waals surface area contributed by atoms with E-state index in [4.69, 9.17) is 0 Å². The first-order valence-corrected chi connectivity index (χ1v) is 10.4. The van der Waals surface area contributed by atoms with Crippen molar-refractivity contribution in [2.45, 2.75) is 50.8 Å². The molecule has 0 bridgehead atoms. The lowest BCUT2D eigenvalue weighted by Crippen LogP contribution is -2.33. The zero-order chi connectivity index (χ0) is 16.0. The summed E-state index contributed by atoms with van der Waals surface area (Å²) in [6.07, 6.45) is 1.85. The molecule has 0 aliphatic carbocycles. The molecule has 0 amide bonds. The molecule has 0 saturated heterocycles. The summed E-state index contributed by atoms with van der Waals surface area (Å²) in [7, 11) is -3.40. The van der Waals surface area contributed by atoms with Gasteiger partial charge in [0, 0.05) is 6.04 Å². The number of thiophene rings is 1. The van der Waals surface area contributed by atoms with E-state index in [0.29, 0.717) is 4.21 Å². The maximum atomic E-state index is 12.3. The lowest BCUT2D eigenvalue weighted by atomic mass is 10.2. The Morgan fingerprint density at radius 1 is 1.38 bits per heavy atom. The van der Waals surface area contributed by atoms with Crippen LogP contribution in [0.1, 0.15) is 39.2 Å². The monoisotopic (exact) mass is 396 g/mol. The van der Waals surface area contributed by atoms with E-state index in [1.807, 2.05) is 13.8 Å². The number of nitrogens with one attached hydrogen (secondary N) is 1. The topological polar surface area (TPSA) is 49.4 Å². The second-order valence-electron chi connectivity index (χ2n) is 5.21. The molecule has 1 aromatic heterocycles. The van der Waals surface area contributed by atoms with Crippen molar-refractivity contribution >= 4 is 37.3 Å². The zero-order valence-corrected chi connectivity index (χ0v) is 16.4. The van der Waals surface area contributed by atoms with Crippen molar-refractivity contribution in [3.8, 4) is 0 Å². The first kappa shape index (κ1) is 19.1. The van der Waals surface area contributed by atoms with Crippen LogP contribution < -0.4 is 4.72 Å². The molecule has 122 valence electrons. The summed E-state index contributed by atoms with van der Waals surface area (Å²) >= 11 is 4.63. The second-order valence-corrected chi connectivity index (χ2v) is 9.52. The minimum Gasteiger partial charge on any atom is -0.304 e. The molecule has 0 aliphatic rings. The largest absolute Gasteiger partial charge is 0.304 e. The molecule has 1 N–H and O–H groups in total. The average molecular weight is 397 g/mol. The minimum absolute atomic E-state index is 0.0493. The molecular weight excluding hydrogens is 372 g/mol. The second kappa shape index (κ2) is 8.62. The summed E-state index contributed by atoms with van der Waals surface area (Å²) in [4.78, 5) is 2.35. The number of rotatable bonds is 9. The number of nitrogens with zero attached hydrogens (tertiary/aromatic N) is 1. The van der Waals surface area contributed by atoms with Crippen molar-refractivity contribution < 1.29 is 8.42 Å². The van der Waals surface area contributed by atoms with E-state index in [1.54, 1.807) is 6.07 Å². The molecule has 1 atom stereocenters. The van der Waals surface area contributed by atoms with Crippen LogP contribution in [0.5, 0.6) is 0 Å². The molecule has 0 fully saturated rings. The minimum atomic E-state index is -3.40. The molecule has 0 spiro atoms. The highest BCUT2D eigenvalue weighted by atomic mass is 79.9. The Morgan fingerprint density at radius 3 is 2.48 bits per heavy atom. The molecular formula is C14H25BrN2O2S2. The van der Waals surface area contributed by atoms with E-state index in [0.717, 1.165) is 41.8 Å². The van der Waals surface area contributed by atoms with Crippen LogP contribution in [0.2, 0.25) is 0 Å². The molecule has 1 rings (SSSR count). The van der Waals surface area contributed by atoms with Crippen molar-refractivity contribution in [3.05, 3.63) is 15.4 Å². The smallest absolute Gasteiger partial charge is 0.250 e. The van der Waals surface area contributed by atoms with Gasteiger partial charge in [-0.15, -0.1) is 11.3 Å². The van der Waals surface area contributed by atoms with Crippen LogP contribution >= 0.6 is 27.3 Å². The van der Waals surface area contributed by atoms with E-state index >= 15 is 0 Å². The number of sulfonamides is 1.